The van der Waals surface area contributed by atoms with Crippen molar-refractivity contribution in [3.63, 3.8) is 0 Å². The van der Waals surface area contributed by atoms with Crippen molar-refractivity contribution >= 4 is 29.2 Å². The fourth-order valence-electron chi connectivity index (χ4n) is 2.08. The van der Waals surface area contributed by atoms with Gasteiger partial charge in [-0.05, 0) is 30.8 Å². The topological polar surface area (TPSA) is 109 Å². The van der Waals surface area contributed by atoms with Crippen molar-refractivity contribution in [2.75, 3.05) is 6.61 Å². The molecule has 26 heavy (non-hydrogen) atoms. The second kappa shape index (κ2) is 9.33. The molecule has 0 aliphatic rings. The lowest BCUT2D eigenvalue weighted by Gasteiger charge is -2.08. The minimum Gasteiger partial charge on any atom is -0.500 e. The molecular weight excluding hydrogens is 356 g/mol. The molecular formula is C17H18N4O4S. The van der Waals surface area contributed by atoms with Gasteiger partial charge in [0.25, 0.3) is 0 Å². The Morgan fingerprint density at radius 3 is 2.77 bits per heavy atom. The van der Waals surface area contributed by atoms with E-state index in [0.717, 1.165) is 5.56 Å². The molecule has 0 unspecified atom stereocenters. The number of hydrogen-bond acceptors (Lipinski definition) is 6. The zero-order chi connectivity index (χ0) is 18.9. The maximum Gasteiger partial charge on any atom is 0.315 e. The van der Waals surface area contributed by atoms with Crippen LogP contribution in [0.25, 0.3) is 0 Å². The summed E-state index contributed by atoms with van der Waals surface area (Å²) in [7, 11) is 0. The van der Waals surface area contributed by atoms with Crippen molar-refractivity contribution in [1.29, 1.82) is 0 Å². The molecule has 0 amide bonds. The molecule has 0 bridgehead atoms. The van der Waals surface area contributed by atoms with E-state index in [-0.39, 0.29) is 12.4 Å². The number of nitro benzene ring substituents is 1. The minimum atomic E-state index is -0.686. The van der Waals surface area contributed by atoms with Crippen molar-refractivity contribution in [2.24, 2.45) is 5.10 Å². The first-order valence-corrected chi connectivity index (χ1v) is 8.17. The van der Waals surface area contributed by atoms with Gasteiger partial charge < -0.3 is 15.2 Å². The first-order valence-electron chi connectivity index (χ1n) is 7.76. The molecule has 3 N–H and O–H groups in total. The Labute approximate surface area is 155 Å². The van der Waals surface area contributed by atoms with E-state index < -0.39 is 16.4 Å². The van der Waals surface area contributed by atoms with Crippen molar-refractivity contribution in [1.82, 2.24) is 10.7 Å². The van der Waals surface area contributed by atoms with Gasteiger partial charge in [0.2, 0.25) is 5.75 Å². The highest BCUT2D eigenvalue weighted by Gasteiger charge is 2.19. The van der Waals surface area contributed by atoms with Crippen molar-refractivity contribution in [3.8, 4) is 11.5 Å². The number of phenolic OH excluding ortho intramolecular Hbond substituents is 1. The Bertz CT molecular complexity index is 812. The number of thiocarbonyl (C=S) groups is 1. The molecule has 2 aromatic carbocycles. The molecule has 0 fully saturated rings. The standard InChI is InChI=1S/C17H18N4O4S/c1-2-25-15-9-13(8-14(16(15)22)21(23)24)11-19-20-17(26)18-10-12-6-4-3-5-7-12/h3-9,11,22H,2,10H2,1H3,(H2,18,20,26)/b19-11-. The number of nitrogens with one attached hydrogen (secondary N) is 2. The number of phenols is 1. The molecule has 0 aliphatic carbocycles. The van der Waals surface area contributed by atoms with Crippen molar-refractivity contribution < 1.29 is 14.8 Å². The summed E-state index contributed by atoms with van der Waals surface area (Å²) in [5, 5.41) is 28.1. The minimum absolute atomic E-state index is 0.0212. The molecule has 0 aliphatic heterocycles. The van der Waals surface area contributed by atoms with Gasteiger partial charge in [0.05, 0.1) is 17.7 Å². The molecule has 2 rings (SSSR count). The molecule has 136 valence electrons. The predicted molar refractivity (Wildman–Crippen MR) is 103 cm³/mol. The van der Waals surface area contributed by atoms with Crippen LogP contribution >= 0.6 is 12.2 Å². The van der Waals surface area contributed by atoms with E-state index in [1.165, 1.54) is 18.3 Å². The Morgan fingerprint density at radius 1 is 1.38 bits per heavy atom. The highest BCUT2D eigenvalue weighted by Crippen LogP contribution is 2.36. The average molecular weight is 374 g/mol. The number of ether oxygens (including phenoxy) is 1. The van der Waals surface area contributed by atoms with Gasteiger partial charge in [-0.25, -0.2) is 0 Å². The molecule has 0 saturated carbocycles. The number of aromatic hydroxyl groups is 1. The molecule has 9 heteroatoms. The first-order chi connectivity index (χ1) is 12.5. The summed E-state index contributed by atoms with van der Waals surface area (Å²) in [6.45, 7) is 2.52. The van der Waals surface area contributed by atoms with Crippen LogP contribution in [0.5, 0.6) is 11.5 Å². The zero-order valence-corrected chi connectivity index (χ0v) is 14.8. The molecule has 0 spiro atoms. The van der Waals surface area contributed by atoms with E-state index in [2.05, 4.69) is 15.8 Å². The summed E-state index contributed by atoms with van der Waals surface area (Å²) in [5.41, 5.74) is 3.63. The van der Waals surface area contributed by atoms with E-state index in [1.807, 2.05) is 30.3 Å². The maximum atomic E-state index is 11.0. The number of hydrogen-bond donors (Lipinski definition) is 3. The van der Waals surface area contributed by atoms with Gasteiger partial charge in [-0.15, -0.1) is 0 Å². The molecule has 0 heterocycles. The molecule has 0 radical (unpaired) electrons. The number of hydrazone groups is 1. The Kier molecular flexibility index (Phi) is 6.86. The molecule has 8 nitrogen and oxygen atoms in total. The van der Waals surface area contributed by atoms with Crippen LogP contribution in [-0.2, 0) is 6.54 Å². The van der Waals surface area contributed by atoms with Crippen LogP contribution in [0.3, 0.4) is 0 Å². The third-order valence-corrected chi connectivity index (χ3v) is 3.48. The fourth-order valence-corrected chi connectivity index (χ4v) is 2.20. The number of rotatable bonds is 7. The van der Waals surface area contributed by atoms with Gasteiger partial charge in [-0.1, -0.05) is 30.3 Å². The number of benzene rings is 2. The van der Waals surface area contributed by atoms with E-state index in [9.17, 15) is 15.2 Å². The van der Waals surface area contributed by atoms with Crippen LogP contribution in [0.1, 0.15) is 18.1 Å². The summed E-state index contributed by atoms with van der Waals surface area (Å²) in [6, 6.07) is 12.4. The lowest BCUT2D eigenvalue weighted by molar-refractivity contribution is -0.386. The van der Waals surface area contributed by atoms with Crippen LogP contribution in [0, 0.1) is 10.1 Å². The fraction of sp³-hybridized carbons (Fsp3) is 0.176. The van der Waals surface area contributed by atoms with Gasteiger partial charge in [0.15, 0.2) is 10.9 Å². The predicted octanol–water partition coefficient (Wildman–Crippen LogP) is 2.70. The number of nitrogens with zero attached hydrogens (tertiary/aromatic N) is 2. The van der Waals surface area contributed by atoms with Gasteiger partial charge in [0, 0.05) is 18.2 Å². The summed E-state index contributed by atoms with van der Waals surface area (Å²) >= 11 is 5.12. The highest BCUT2D eigenvalue weighted by atomic mass is 32.1. The number of nitro groups is 1. The lowest BCUT2D eigenvalue weighted by Crippen LogP contribution is -2.31. The summed E-state index contributed by atoms with van der Waals surface area (Å²) in [4.78, 5) is 10.3. The smallest absolute Gasteiger partial charge is 0.315 e. The first kappa shape index (κ1) is 19.1. The van der Waals surface area contributed by atoms with Crippen LogP contribution in [-0.4, -0.2) is 28.0 Å². The molecule has 0 saturated heterocycles. The Morgan fingerprint density at radius 2 is 2.12 bits per heavy atom. The lowest BCUT2D eigenvalue weighted by atomic mass is 10.2. The largest absolute Gasteiger partial charge is 0.500 e. The van der Waals surface area contributed by atoms with Crippen LogP contribution in [0.4, 0.5) is 5.69 Å². The summed E-state index contributed by atoms with van der Waals surface area (Å²) < 4.78 is 5.21. The van der Waals surface area contributed by atoms with Crippen molar-refractivity contribution in [3.05, 3.63) is 63.7 Å². The summed E-state index contributed by atoms with van der Waals surface area (Å²) in [5.74, 6) is -0.491. The maximum absolute atomic E-state index is 11.0. The third kappa shape index (κ3) is 5.42. The zero-order valence-electron chi connectivity index (χ0n) is 14.0. The van der Waals surface area contributed by atoms with Crippen LogP contribution in [0.2, 0.25) is 0 Å². The van der Waals surface area contributed by atoms with Crippen molar-refractivity contribution in [2.45, 2.75) is 13.5 Å². The average Bonchev–Trinajstić information content (AvgIpc) is 2.63. The highest BCUT2D eigenvalue weighted by molar-refractivity contribution is 7.80. The quantitative estimate of drug-likeness (QED) is 0.296. The van der Waals surface area contributed by atoms with E-state index >= 15 is 0 Å². The molecule has 0 atom stereocenters. The van der Waals surface area contributed by atoms with Gasteiger partial charge in [0.1, 0.15) is 0 Å². The monoisotopic (exact) mass is 374 g/mol. The third-order valence-electron chi connectivity index (χ3n) is 3.25. The molecule has 0 aromatic heterocycles. The van der Waals surface area contributed by atoms with E-state index in [0.29, 0.717) is 17.2 Å². The van der Waals surface area contributed by atoms with Gasteiger partial charge in [-0.2, -0.15) is 5.10 Å². The Balaban J connectivity index is 2.00. The Hall–Kier alpha value is -3.20. The molecule has 2 aromatic rings. The van der Waals surface area contributed by atoms with E-state index in [4.69, 9.17) is 17.0 Å². The normalized spacial score (nSPS) is 10.5. The van der Waals surface area contributed by atoms with Crippen LogP contribution in [0.15, 0.2) is 47.6 Å². The summed E-state index contributed by atoms with van der Waals surface area (Å²) in [6.07, 6.45) is 1.35. The van der Waals surface area contributed by atoms with Gasteiger partial charge >= 0.3 is 5.69 Å². The van der Waals surface area contributed by atoms with E-state index in [1.54, 1.807) is 6.92 Å². The van der Waals surface area contributed by atoms with Gasteiger partial charge in [-0.3, -0.25) is 15.5 Å². The van der Waals surface area contributed by atoms with Crippen LogP contribution < -0.4 is 15.5 Å². The second-order valence-electron chi connectivity index (χ2n) is 5.12. The second-order valence-corrected chi connectivity index (χ2v) is 5.52. The SMILES string of the molecule is CCOc1cc(/C=N\NC(=S)NCc2ccccc2)cc([N+](=O)[O-])c1O.